The highest BCUT2D eigenvalue weighted by atomic mass is 19.1. The van der Waals surface area contributed by atoms with Crippen molar-refractivity contribution >= 4 is 16.7 Å². The second-order valence-corrected chi connectivity index (χ2v) is 5.70. The van der Waals surface area contributed by atoms with Crippen LogP contribution in [-0.2, 0) is 0 Å². The van der Waals surface area contributed by atoms with E-state index in [1.54, 1.807) is 12.4 Å². The Morgan fingerprint density at radius 1 is 1.00 bits per heavy atom. The summed E-state index contributed by atoms with van der Waals surface area (Å²) < 4.78 is 13.2. The molecule has 0 fully saturated rings. The zero-order valence-electron chi connectivity index (χ0n) is 13.4. The van der Waals surface area contributed by atoms with Gasteiger partial charge in [-0.1, -0.05) is 18.2 Å². The van der Waals surface area contributed by atoms with Crippen molar-refractivity contribution < 1.29 is 14.3 Å². The first kappa shape index (κ1) is 15.8. The van der Waals surface area contributed by atoms with Gasteiger partial charge < -0.3 is 5.11 Å². The molecule has 0 aliphatic heterocycles. The second kappa shape index (κ2) is 6.33. The van der Waals surface area contributed by atoms with E-state index in [1.807, 2.05) is 30.3 Å². The Morgan fingerprint density at radius 2 is 1.85 bits per heavy atom. The Kier molecular flexibility index (Phi) is 3.85. The van der Waals surface area contributed by atoms with Crippen LogP contribution in [0.15, 0.2) is 67.1 Å². The summed E-state index contributed by atoms with van der Waals surface area (Å²) in [5.74, 6) is -1.83. The molecule has 0 spiro atoms. The number of benzene rings is 2. The third-order valence-corrected chi connectivity index (χ3v) is 3.96. The van der Waals surface area contributed by atoms with Crippen LogP contribution in [0.25, 0.3) is 22.2 Å². The lowest BCUT2D eigenvalue weighted by atomic mass is 10.1. The van der Waals surface area contributed by atoms with Gasteiger partial charge in [-0.25, -0.2) is 9.37 Å². The normalized spacial score (nSPS) is 10.8. The summed E-state index contributed by atoms with van der Waals surface area (Å²) in [6.45, 7) is 0. The number of pyridine rings is 1. The molecule has 0 saturated carbocycles. The number of carbonyl (C=O) groups is 1. The lowest BCUT2D eigenvalue weighted by Gasteiger charge is -2.05. The van der Waals surface area contributed by atoms with Gasteiger partial charge >= 0.3 is 0 Å². The van der Waals surface area contributed by atoms with E-state index < -0.39 is 17.3 Å². The molecule has 5 nitrogen and oxygen atoms in total. The van der Waals surface area contributed by atoms with Gasteiger partial charge in [-0.3, -0.25) is 14.8 Å². The number of fused-ring (bicyclic) bond motifs is 1. The van der Waals surface area contributed by atoms with Crippen LogP contribution in [0.5, 0.6) is 5.75 Å². The number of hydrogen-bond donors (Lipinski definition) is 1. The molecule has 0 radical (unpaired) electrons. The van der Waals surface area contributed by atoms with Crippen LogP contribution in [0, 0.1) is 5.82 Å². The van der Waals surface area contributed by atoms with Gasteiger partial charge in [0.15, 0.2) is 11.6 Å². The molecule has 0 saturated heterocycles. The van der Waals surface area contributed by atoms with E-state index in [4.69, 9.17) is 0 Å². The summed E-state index contributed by atoms with van der Waals surface area (Å²) in [5, 5.41) is 10.4. The minimum atomic E-state index is -0.788. The molecule has 6 heteroatoms. The Bertz CT molecular complexity index is 1140. The maximum absolute atomic E-state index is 13.2. The standard InChI is InChI=1S/C20H12FN3O2/c21-15-6-5-13(8-19(15)25)20(26)18-11-22-10-17(24-18)14-7-12-3-1-2-4-16(12)23-9-14/h1-11,25H. The predicted octanol–water partition coefficient (Wildman–Crippen LogP) is 3.77. The minimum absolute atomic E-state index is 0.0988. The summed E-state index contributed by atoms with van der Waals surface area (Å²) >= 11 is 0. The molecule has 0 aliphatic rings. The Labute approximate surface area is 147 Å². The number of para-hydroxylation sites is 1. The van der Waals surface area contributed by atoms with Crippen molar-refractivity contribution in [2.75, 3.05) is 0 Å². The lowest BCUT2D eigenvalue weighted by Crippen LogP contribution is -2.06. The molecule has 126 valence electrons. The molecular weight excluding hydrogens is 333 g/mol. The molecule has 0 unspecified atom stereocenters. The van der Waals surface area contributed by atoms with Gasteiger partial charge in [0.1, 0.15) is 5.69 Å². The quantitative estimate of drug-likeness (QED) is 0.572. The molecule has 26 heavy (non-hydrogen) atoms. The number of hydrogen-bond acceptors (Lipinski definition) is 5. The first-order valence-corrected chi connectivity index (χ1v) is 7.82. The number of carbonyl (C=O) groups excluding carboxylic acids is 1. The van der Waals surface area contributed by atoms with Gasteiger partial charge in [0.2, 0.25) is 5.78 Å². The number of phenols is 1. The summed E-state index contributed by atoms with van der Waals surface area (Å²) in [6.07, 6.45) is 4.55. The second-order valence-electron chi connectivity index (χ2n) is 5.70. The first-order chi connectivity index (χ1) is 12.6. The zero-order chi connectivity index (χ0) is 18.1. The van der Waals surface area contributed by atoms with Gasteiger partial charge in [-0.15, -0.1) is 0 Å². The average molecular weight is 345 g/mol. The van der Waals surface area contributed by atoms with E-state index in [0.717, 1.165) is 28.6 Å². The van der Waals surface area contributed by atoms with E-state index in [2.05, 4.69) is 15.0 Å². The van der Waals surface area contributed by atoms with Crippen LogP contribution >= 0.6 is 0 Å². The predicted molar refractivity (Wildman–Crippen MR) is 94.3 cm³/mol. The summed E-state index contributed by atoms with van der Waals surface area (Å²) in [5.41, 5.74) is 2.32. The van der Waals surface area contributed by atoms with Gasteiger partial charge in [-0.05, 0) is 30.3 Å². The summed E-state index contributed by atoms with van der Waals surface area (Å²) in [7, 11) is 0. The number of halogens is 1. The van der Waals surface area contributed by atoms with Crippen LogP contribution in [0.2, 0.25) is 0 Å². The van der Waals surface area contributed by atoms with Crippen LogP contribution in [-0.4, -0.2) is 25.8 Å². The highest BCUT2D eigenvalue weighted by Gasteiger charge is 2.15. The fraction of sp³-hybridized carbons (Fsp3) is 0. The fourth-order valence-electron chi connectivity index (χ4n) is 2.63. The number of aromatic nitrogens is 3. The van der Waals surface area contributed by atoms with Crippen molar-refractivity contribution in [1.29, 1.82) is 0 Å². The minimum Gasteiger partial charge on any atom is -0.505 e. The maximum atomic E-state index is 13.2. The zero-order valence-corrected chi connectivity index (χ0v) is 13.4. The monoisotopic (exact) mass is 345 g/mol. The lowest BCUT2D eigenvalue weighted by molar-refractivity contribution is 0.103. The third-order valence-electron chi connectivity index (χ3n) is 3.96. The average Bonchev–Trinajstić information content (AvgIpc) is 2.69. The summed E-state index contributed by atoms with van der Waals surface area (Å²) in [6, 6.07) is 13.0. The maximum Gasteiger partial charge on any atom is 0.213 e. The number of rotatable bonds is 3. The van der Waals surface area contributed by atoms with Crippen molar-refractivity contribution in [3.05, 3.63) is 84.2 Å². The van der Waals surface area contributed by atoms with Crippen molar-refractivity contribution in [3.63, 3.8) is 0 Å². The van der Waals surface area contributed by atoms with Gasteiger partial charge in [0.05, 0.1) is 23.6 Å². The molecule has 2 aromatic heterocycles. The molecular formula is C20H12FN3O2. The molecule has 0 bridgehead atoms. The van der Waals surface area contributed by atoms with E-state index in [9.17, 15) is 14.3 Å². The van der Waals surface area contributed by atoms with Gasteiger partial charge in [0.25, 0.3) is 0 Å². The van der Waals surface area contributed by atoms with E-state index >= 15 is 0 Å². The molecule has 0 atom stereocenters. The first-order valence-electron chi connectivity index (χ1n) is 7.82. The number of nitrogens with zero attached hydrogens (tertiary/aromatic N) is 3. The Balaban J connectivity index is 1.73. The molecule has 0 aliphatic carbocycles. The Morgan fingerprint density at radius 3 is 2.69 bits per heavy atom. The number of aromatic hydroxyl groups is 1. The van der Waals surface area contributed by atoms with Crippen molar-refractivity contribution in [1.82, 2.24) is 15.0 Å². The largest absolute Gasteiger partial charge is 0.505 e. The SMILES string of the molecule is O=C(c1ccc(F)c(O)c1)c1cncc(-c2cnc3ccccc3c2)n1. The number of phenolic OH excluding ortho intramolecular Hbond substituents is 1. The molecule has 4 aromatic rings. The molecule has 0 amide bonds. The van der Waals surface area contributed by atoms with Crippen LogP contribution in [0.4, 0.5) is 4.39 Å². The van der Waals surface area contributed by atoms with Crippen molar-refractivity contribution in [2.24, 2.45) is 0 Å². The fourth-order valence-corrected chi connectivity index (χ4v) is 2.63. The van der Waals surface area contributed by atoms with E-state index in [1.165, 1.54) is 12.3 Å². The highest BCUT2D eigenvalue weighted by molar-refractivity contribution is 6.08. The van der Waals surface area contributed by atoms with Crippen molar-refractivity contribution in [3.8, 4) is 17.0 Å². The Hall–Kier alpha value is -3.67. The van der Waals surface area contributed by atoms with E-state index in [-0.39, 0.29) is 11.3 Å². The highest BCUT2D eigenvalue weighted by Crippen LogP contribution is 2.22. The van der Waals surface area contributed by atoms with Crippen LogP contribution in [0.1, 0.15) is 16.1 Å². The van der Waals surface area contributed by atoms with Crippen molar-refractivity contribution in [2.45, 2.75) is 0 Å². The summed E-state index contributed by atoms with van der Waals surface area (Å²) in [4.78, 5) is 25.4. The van der Waals surface area contributed by atoms with Gasteiger partial charge in [-0.2, -0.15) is 0 Å². The third kappa shape index (κ3) is 2.88. The smallest absolute Gasteiger partial charge is 0.213 e. The number of ketones is 1. The molecule has 2 heterocycles. The topological polar surface area (TPSA) is 76.0 Å². The van der Waals surface area contributed by atoms with Crippen LogP contribution < -0.4 is 0 Å². The van der Waals surface area contributed by atoms with Gasteiger partial charge in [0, 0.05) is 22.7 Å². The van der Waals surface area contributed by atoms with Crippen LogP contribution in [0.3, 0.4) is 0 Å². The molecule has 1 N–H and O–H groups in total. The van der Waals surface area contributed by atoms with E-state index in [0.29, 0.717) is 5.69 Å². The molecule has 4 rings (SSSR count). The molecule has 2 aromatic carbocycles.